The second kappa shape index (κ2) is 11.4. The molecule has 0 aliphatic carbocycles. The van der Waals surface area contributed by atoms with Gasteiger partial charge in [0.25, 0.3) is 11.8 Å². The number of carbonyl (C=O) groups is 3. The lowest BCUT2D eigenvalue weighted by atomic mass is 10.2. The molecule has 2 amide bonds. The van der Waals surface area contributed by atoms with Crippen molar-refractivity contribution in [1.82, 2.24) is 4.90 Å². The highest BCUT2D eigenvalue weighted by Crippen LogP contribution is 2.28. The molecule has 0 radical (unpaired) electrons. The first-order valence-electron chi connectivity index (χ1n) is 9.56. The third kappa shape index (κ3) is 7.22. The summed E-state index contributed by atoms with van der Waals surface area (Å²) in [6.45, 7) is 2.12. The molecule has 0 aliphatic heterocycles. The number of esters is 1. The zero-order valence-electron chi connectivity index (χ0n) is 17.8. The molecule has 2 N–H and O–H groups in total. The van der Waals surface area contributed by atoms with Gasteiger partial charge in [0.1, 0.15) is 5.75 Å². The van der Waals surface area contributed by atoms with Crippen molar-refractivity contribution in [2.75, 3.05) is 34.0 Å². The number of hydrogen-bond donors (Lipinski definition) is 1. The van der Waals surface area contributed by atoms with Crippen LogP contribution in [-0.4, -0.2) is 56.7 Å². The minimum atomic E-state index is -0.692. The Hall–Kier alpha value is -3.75. The fraction of sp³-hybridized carbons (Fsp3) is 0.318. The lowest BCUT2D eigenvalue weighted by molar-refractivity contribution is -0.133. The molecule has 0 aliphatic rings. The predicted molar refractivity (Wildman–Crippen MR) is 112 cm³/mol. The molecule has 31 heavy (non-hydrogen) atoms. The molecule has 2 rings (SSSR count). The summed E-state index contributed by atoms with van der Waals surface area (Å²) in [5, 5.41) is 0. The summed E-state index contributed by atoms with van der Waals surface area (Å²) in [7, 11) is 3.02. The number of primary amides is 1. The van der Waals surface area contributed by atoms with E-state index in [2.05, 4.69) is 0 Å². The molecule has 0 atom stereocenters. The molecule has 0 aromatic heterocycles. The number of methoxy groups -OCH3 is 1. The van der Waals surface area contributed by atoms with E-state index in [1.54, 1.807) is 7.05 Å². The number of carbonyl (C=O) groups excluding carboxylic acids is 3. The van der Waals surface area contributed by atoms with Gasteiger partial charge in [-0.3, -0.25) is 9.59 Å². The first kappa shape index (κ1) is 23.5. The summed E-state index contributed by atoms with van der Waals surface area (Å²) in [6.07, 6.45) is 0. The van der Waals surface area contributed by atoms with Crippen molar-refractivity contribution in [3.8, 4) is 17.2 Å². The maximum atomic E-state index is 12.3. The number of likely N-dealkylation sites (N-methyl/N-ethyl adjacent to an activating group) is 1. The van der Waals surface area contributed by atoms with E-state index in [0.29, 0.717) is 13.2 Å². The average molecular weight is 430 g/mol. The van der Waals surface area contributed by atoms with Gasteiger partial charge in [-0.05, 0) is 42.8 Å². The van der Waals surface area contributed by atoms with Crippen LogP contribution in [0.3, 0.4) is 0 Å². The molecule has 2 aromatic carbocycles. The van der Waals surface area contributed by atoms with Gasteiger partial charge in [-0.15, -0.1) is 0 Å². The summed E-state index contributed by atoms with van der Waals surface area (Å²) in [4.78, 5) is 36.9. The summed E-state index contributed by atoms with van der Waals surface area (Å²) in [5.41, 5.74) is 6.14. The minimum Gasteiger partial charge on any atom is -0.494 e. The molecule has 9 nitrogen and oxygen atoms in total. The van der Waals surface area contributed by atoms with E-state index in [4.69, 9.17) is 24.7 Å². The van der Waals surface area contributed by atoms with E-state index in [9.17, 15) is 14.4 Å². The monoisotopic (exact) mass is 430 g/mol. The molecule has 0 unspecified atom stereocenters. The molecule has 9 heteroatoms. The quantitative estimate of drug-likeness (QED) is 0.540. The number of hydrogen-bond acceptors (Lipinski definition) is 7. The SMILES string of the molecule is CCOc1ccc(CN(C)C(=O)COC(=O)c2ccc(OCC(N)=O)c(OC)c2)cc1. The zero-order valence-corrected chi connectivity index (χ0v) is 17.8. The van der Waals surface area contributed by atoms with Gasteiger partial charge in [0.05, 0.1) is 19.3 Å². The first-order chi connectivity index (χ1) is 14.8. The standard InChI is InChI=1S/C22H26N2O7/c1-4-29-17-8-5-15(6-9-17)12-24(2)21(26)14-31-22(27)16-7-10-18(19(11-16)28-3)30-13-20(23)25/h5-11H,4,12-14H2,1-3H3,(H2,23,25). The number of rotatable bonds is 11. The summed E-state index contributed by atoms with van der Waals surface area (Å²) in [6, 6.07) is 11.7. The van der Waals surface area contributed by atoms with Crippen LogP contribution in [-0.2, 0) is 20.9 Å². The third-order valence-corrected chi connectivity index (χ3v) is 4.18. The first-order valence-corrected chi connectivity index (χ1v) is 9.56. The van der Waals surface area contributed by atoms with E-state index in [0.717, 1.165) is 11.3 Å². The molecule has 0 saturated carbocycles. The van der Waals surface area contributed by atoms with Gasteiger partial charge in [0.15, 0.2) is 24.7 Å². The van der Waals surface area contributed by atoms with Crippen molar-refractivity contribution in [2.45, 2.75) is 13.5 Å². The van der Waals surface area contributed by atoms with Crippen LogP contribution < -0.4 is 19.9 Å². The van der Waals surface area contributed by atoms with Gasteiger partial charge in [-0.25, -0.2) is 4.79 Å². The van der Waals surface area contributed by atoms with Crippen molar-refractivity contribution in [3.05, 3.63) is 53.6 Å². The normalized spacial score (nSPS) is 10.2. The Morgan fingerprint density at radius 2 is 1.68 bits per heavy atom. The van der Waals surface area contributed by atoms with Crippen LogP contribution in [0.25, 0.3) is 0 Å². The van der Waals surface area contributed by atoms with Gasteiger partial charge < -0.3 is 29.6 Å². The van der Waals surface area contributed by atoms with Crippen LogP contribution in [0.5, 0.6) is 17.2 Å². The van der Waals surface area contributed by atoms with Crippen LogP contribution >= 0.6 is 0 Å². The van der Waals surface area contributed by atoms with Gasteiger partial charge in [0, 0.05) is 13.6 Å². The van der Waals surface area contributed by atoms with Gasteiger partial charge in [0.2, 0.25) is 0 Å². The fourth-order valence-corrected chi connectivity index (χ4v) is 2.60. The molecule has 2 aromatic rings. The number of benzene rings is 2. The summed E-state index contributed by atoms with van der Waals surface area (Å²) < 4.78 is 20.9. The Bertz CT molecular complexity index is 913. The van der Waals surface area contributed by atoms with Crippen LogP contribution in [0.4, 0.5) is 0 Å². The van der Waals surface area contributed by atoms with Gasteiger partial charge in [-0.2, -0.15) is 0 Å². The summed E-state index contributed by atoms with van der Waals surface area (Å²) in [5.74, 6) is -0.439. The molecule has 0 spiro atoms. The lowest BCUT2D eigenvalue weighted by Gasteiger charge is -2.17. The number of amides is 2. The largest absolute Gasteiger partial charge is 0.494 e. The fourth-order valence-electron chi connectivity index (χ4n) is 2.60. The molecular weight excluding hydrogens is 404 g/mol. The number of nitrogens with two attached hydrogens (primary N) is 1. The minimum absolute atomic E-state index is 0.172. The van der Waals surface area contributed by atoms with Crippen molar-refractivity contribution in [1.29, 1.82) is 0 Å². The van der Waals surface area contributed by atoms with Crippen molar-refractivity contribution >= 4 is 17.8 Å². The Morgan fingerprint density at radius 3 is 2.29 bits per heavy atom. The second-order valence-electron chi connectivity index (χ2n) is 6.52. The van der Waals surface area contributed by atoms with Crippen molar-refractivity contribution < 1.29 is 33.3 Å². The number of nitrogens with zero attached hydrogens (tertiary/aromatic N) is 1. The molecule has 0 heterocycles. The van der Waals surface area contributed by atoms with E-state index >= 15 is 0 Å². The Kier molecular flexibility index (Phi) is 8.68. The smallest absolute Gasteiger partial charge is 0.338 e. The Labute approximate surface area is 180 Å². The summed E-state index contributed by atoms with van der Waals surface area (Å²) >= 11 is 0. The highest BCUT2D eigenvalue weighted by atomic mass is 16.5. The maximum Gasteiger partial charge on any atom is 0.338 e. The highest BCUT2D eigenvalue weighted by Gasteiger charge is 2.16. The Morgan fingerprint density at radius 1 is 0.968 bits per heavy atom. The molecule has 0 fully saturated rings. The molecular formula is C22H26N2O7. The highest BCUT2D eigenvalue weighted by molar-refractivity contribution is 5.92. The van der Waals surface area contributed by atoms with E-state index in [-0.39, 0.29) is 29.6 Å². The van der Waals surface area contributed by atoms with Crippen LogP contribution in [0.1, 0.15) is 22.8 Å². The maximum absolute atomic E-state index is 12.3. The lowest BCUT2D eigenvalue weighted by Crippen LogP contribution is -2.30. The number of ether oxygens (including phenoxy) is 4. The van der Waals surface area contributed by atoms with Gasteiger partial charge in [-0.1, -0.05) is 12.1 Å². The molecule has 0 bridgehead atoms. The average Bonchev–Trinajstić information content (AvgIpc) is 2.77. The molecule has 0 saturated heterocycles. The zero-order chi connectivity index (χ0) is 22.8. The van der Waals surface area contributed by atoms with Crippen molar-refractivity contribution in [2.24, 2.45) is 5.73 Å². The Balaban J connectivity index is 1.90. The van der Waals surface area contributed by atoms with Gasteiger partial charge >= 0.3 is 5.97 Å². The van der Waals surface area contributed by atoms with Crippen LogP contribution in [0.2, 0.25) is 0 Å². The third-order valence-electron chi connectivity index (χ3n) is 4.18. The van der Waals surface area contributed by atoms with Crippen LogP contribution in [0, 0.1) is 0 Å². The van der Waals surface area contributed by atoms with Crippen LogP contribution in [0.15, 0.2) is 42.5 Å². The van der Waals surface area contributed by atoms with E-state index in [1.807, 2.05) is 31.2 Å². The molecule has 166 valence electrons. The predicted octanol–water partition coefficient (Wildman–Crippen LogP) is 1.77. The van der Waals surface area contributed by atoms with E-state index < -0.39 is 18.5 Å². The van der Waals surface area contributed by atoms with Crippen molar-refractivity contribution in [3.63, 3.8) is 0 Å². The second-order valence-corrected chi connectivity index (χ2v) is 6.52. The van der Waals surface area contributed by atoms with E-state index in [1.165, 1.54) is 30.2 Å². The topological polar surface area (TPSA) is 117 Å².